The van der Waals surface area contributed by atoms with E-state index in [0.717, 1.165) is 25.4 Å². The molecule has 1 aliphatic carbocycles. The highest BCUT2D eigenvalue weighted by atomic mass is 16.2. The first kappa shape index (κ1) is 15.1. The van der Waals surface area contributed by atoms with Crippen molar-refractivity contribution in [1.29, 1.82) is 0 Å². The maximum atomic E-state index is 12.3. The Morgan fingerprint density at radius 2 is 1.77 bits per heavy atom. The highest BCUT2D eigenvalue weighted by Crippen LogP contribution is 2.35. The number of piperidine rings is 1. The largest absolute Gasteiger partial charge is 0.343 e. The molecule has 118 valence electrons. The third-order valence-electron chi connectivity index (χ3n) is 5.08. The van der Waals surface area contributed by atoms with Crippen LogP contribution in [0.1, 0.15) is 42.5 Å². The zero-order valence-electron chi connectivity index (χ0n) is 13.0. The molecule has 1 aromatic carbocycles. The normalized spacial score (nSPS) is 24.5. The highest BCUT2D eigenvalue weighted by molar-refractivity contribution is 5.96. The number of hydrogen-bond donors (Lipinski definition) is 1. The molecule has 2 amide bonds. The summed E-state index contributed by atoms with van der Waals surface area (Å²) in [5, 5.41) is 2.74. The number of benzene rings is 1. The first-order valence-corrected chi connectivity index (χ1v) is 8.35. The van der Waals surface area contributed by atoms with Gasteiger partial charge in [-0.2, -0.15) is 0 Å². The molecule has 2 aliphatic rings. The Bertz CT molecular complexity index is 529. The van der Waals surface area contributed by atoms with Crippen molar-refractivity contribution >= 4 is 11.8 Å². The molecule has 2 fully saturated rings. The molecule has 0 bridgehead atoms. The molecular weight excluding hydrogens is 276 g/mol. The number of fused-ring (bicyclic) bond motifs is 1. The van der Waals surface area contributed by atoms with Crippen molar-refractivity contribution in [1.82, 2.24) is 10.2 Å². The number of carbonyl (C=O) groups excluding carboxylic acids is 2. The van der Waals surface area contributed by atoms with Crippen LogP contribution in [-0.2, 0) is 4.79 Å². The quantitative estimate of drug-likeness (QED) is 0.932. The fourth-order valence-corrected chi connectivity index (χ4v) is 3.79. The monoisotopic (exact) mass is 300 g/mol. The molecule has 2 atom stereocenters. The molecule has 1 aliphatic heterocycles. The molecule has 4 heteroatoms. The first-order valence-electron chi connectivity index (χ1n) is 8.35. The van der Waals surface area contributed by atoms with Crippen molar-refractivity contribution in [3.8, 4) is 0 Å². The average Bonchev–Trinajstić information content (AvgIpc) is 2.59. The Morgan fingerprint density at radius 3 is 2.55 bits per heavy atom. The van der Waals surface area contributed by atoms with E-state index in [-0.39, 0.29) is 18.4 Å². The lowest BCUT2D eigenvalue weighted by atomic mass is 9.75. The minimum absolute atomic E-state index is 0.0494. The summed E-state index contributed by atoms with van der Waals surface area (Å²) >= 11 is 0. The molecule has 4 nitrogen and oxygen atoms in total. The Morgan fingerprint density at radius 1 is 1.05 bits per heavy atom. The van der Waals surface area contributed by atoms with Gasteiger partial charge in [0.05, 0.1) is 6.54 Å². The fourth-order valence-electron chi connectivity index (χ4n) is 3.79. The summed E-state index contributed by atoms with van der Waals surface area (Å²) in [6, 6.07) is 9.03. The van der Waals surface area contributed by atoms with E-state index >= 15 is 0 Å². The molecule has 0 radical (unpaired) electrons. The van der Waals surface area contributed by atoms with Crippen molar-refractivity contribution in [3.63, 3.8) is 0 Å². The van der Waals surface area contributed by atoms with E-state index < -0.39 is 0 Å². The van der Waals surface area contributed by atoms with Gasteiger partial charge in [-0.1, -0.05) is 37.5 Å². The summed E-state index contributed by atoms with van der Waals surface area (Å²) in [4.78, 5) is 26.2. The van der Waals surface area contributed by atoms with E-state index in [2.05, 4.69) is 5.32 Å². The second kappa shape index (κ2) is 6.95. The first-order chi connectivity index (χ1) is 10.7. The number of carbonyl (C=O) groups is 2. The molecule has 1 saturated heterocycles. The number of hydrogen-bond acceptors (Lipinski definition) is 2. The van der Waals surface area contributed by atoms with Gasteiger partial charge in [-0.3, -0.25) is 9.59 Å². The van der Waals surface area contributed by atoms with Gasteiger partial charge >= 0.3 is 0 Å². The minimum Gasteiger partial charge on any atom is -0.343 e. The molecule has 0 aromatic heterocycles. The zero-order valence-corrected chi connectivity index (χ0v) is 13.0. The van der Waals surface area contributed by atoms with Crippen LogP contribution >= 0.6 is 0 Å². The lowest BCUT2D eigenvalue weighted by Gasteiger charge is -2.41. The Hall–Kier alpha value is -1.84. The predicted octanol–water partition coefficient (Wildman–Crippen LogP) is 2.46. The molecule has 1 N–H and O–H groups in total. The van der Waals surface area contributed by atoms with Crippen LogP contribution in [0.2, 0.25) is 0 Å². The van der Waals surface area contributed by atoms with Gasteiger partial charge in [0, 0.05) is 18.7 Å². The summed E-state index contributed by atoms with van der Waals surface area (Å²) in [5.41, 5.74) is 0.598. The zero-order chi connectivity index (χ0) is 15.4. The van der Waals surface area contributed by atoms with E-state index in [1.807, 2.05) is 23.1 Å². The number of amides is 2. The SMILES string of the molecule is O=C(NCC(=O)N1CC[C@H]2CCCC[C@@H]2C1)c1ccccc1. The predicted molar refractivity (Wildman–Crippen MR) is 85.4 cm³/mol. The summed E-state index contributed by atoms with van der Waals surface area (Å²) in [6.07, 6.45) is 6.36. The van der Waals surface area contributed by atoms with Crippen molar-refractivity contribution in [2.75, 3.05) is 19.6 Å². The van der Waals surface area contributed by atoms with E-state index in [9.17, 15) is 9.59 Å². The Labute approximate surface area is 131 Å². The lowest BCUT2D eigenvalue weighted by Crippen LogP contribution is -2.48. The maximum Gasteiger partial charge on any atom is 0.251 e. The molecule has 3 rings (SSSR count). The van der Waals surface area contributed by atoms with E-state index in [1.165, 1.54) is 25.7 Å². The standard InChI is InChI=1S/C18H24N2O2/c21-17(12-19-18(22)15-7-2-1-3-8-15)20-11-10-14-6-4-5-9-16(14)13-20/h1-3,7-8,14,16H,4-6,9-13H2,(H,19,22)/t14-,16-/m1/s1. The van der Waals surface area contributed by atoms with E-state index in [1.54, 1.807) is 12.1 Å². The Kier molecular flexibility index (Phi) is 4.76. The number of nitrogens with one attached hydrogen (secondary N) is 1. The van der Waals surface area contributed by atoms with Crippen molar-refractivity contribution < 1.29 is 9.59 Å². The number of likely N-dealkylation sites (tertiary alicyclic amines) is 1. The van der Waals surface area contributed by atoms with Gasteiger partial charge in [-0.15, -0.1) is 0 Å². The van der Waals surface area contributed by atoms with Crippen LogP contribution in [0, 0.1) is 11.8 Å². The van der Waals surface area contributed by atoms with Crippen LogP contribution in [0.4, 0.5) is 0 Å². The van der Waals surface area contributed by atoms with Gasteiger partial charge in [0.15, 0.2) is 0 Å². The van der Waals surface area contributed by atoms with Crippen LogP contribution < -0.4 is 5.32 Å². The Balaban J connectivity index is 1.49. The fraction of sp³-hybridized carbons (Fsp3) is 0.556. The van der Waals surface area contributed by atoms with Gasteiger partial charge in [-0.25, -0.2) is 0 Å². The number of nitrogens with zero attached hydrogens (tertiary/aromatic N) is 1. The van der Waals surface area contributed by atoms with Gasteiger partial charge in [-0.05, 0) is 36.8 Å². The second-order valence-electron chi connectivity index (χ2n) is 6.48. The van der Waals surface area contributed by atoms with E-state index in [0.29, 0.717) is 11.5 Å². The third-order valence-corrected chi connectivity index (χ3v) is 5.08. The molecule has 0 spiro atoms. The second-order valence-corrected chi connectivity index (χ2v) is 6.48. The summed E-state index contributed by atoms with van der Waals surface area (Å²) < 4.78 is 0. The molecule has 1 heterocycles. The molecule has 22 heavy (non-hydrogen) atoms. The van der Waals surface area contributed by atoms with Crippen LogP contribution in [0.15, 0.2) is 30.3 Å². The van der Waals surface area contributed by atoms with Gasteiger partial charge in [0.2, 0.25) is 5.91 Å². The average molecular weight is 300 g/mol. The van der Waals surface area contributed by atoms with E-state index in [4.69, 9.17) is 0 Å². The van der Waals surface area contributed by atoms with Crippen molar-refractivity contribution in [3.05, 3.63) is 35.9 Å². The van der Waals surface area contributed by atoms with Gasteiger partial charge < -0.3 is 10.2 Å². The molecule has 0 unspecified atom stereocenters. The minimum atomic E-state index is -0.179. The molecule has 1 aromatic rings. The topological polar surface area (TPSA) is 49.4 Å². The third kappa shape index (κ3) is 3.49. The summed E-state index contributed by atoms with van der Waals surface area (Å²) in [5.74, 6) is 1.36. The van der Waals surface area contributed by atoms with Crippen LogP contribution in [-0.4, -0.2) is 36.3 Å². The number of rotatable bonds is 3. The lowest BCUT2D eigenvalue weighted by molar-refractivity contribution is -0.133. The molecule has 1 saturated carbocycles. The van der Waals surface area contributed by atoms with Gasteiger partial charge in [0.25, 0.3) is 5.91 Å². The highest BCUT2D eigenvalue weighted by Gasteiger charge is 2.32. The maximum absolute atomic E-state index is 12.3. The molecular formula is C18H24N2O2. The van der Waals surface area contributed by atoms with Crippen LogP contribution in [0.3, 0.4) is 0 Å². The van der Waals surface area contributed by atoms with Gasteiger partial charge in [0.1, 0.15) is 0 Å². The summed E-state index contributed by atoms with van der Waals surface area (Å²) in [7, 11) is 0. The smallest absolute Gasteiger partial charge is 0.251 e. The van der Waals surface area contributed by atoms with Crippen LogP contribution in [0.25, 0.3) is 0 Å². The van der Waals surface area contributed by atoms with Crippen molar-refractivity contribution in [2.24, 2.45) is 11.8 Å². The summed E-state index contributed by atoms with van der Waals surface area (Å²) in [6.45, 7) is 1.83. The van der Waals surface area contributed by atoms with Crippen molar-refractivity contribution in [2.45, 2.75) is 32.1 Å². The van der Waals surface area contributed by atoms with Crippen LogP contribution in [0.5, 0.6) is 0 Å².